The SMILES string of the molecule is CC1C=C(Br)C=CC1C(=O)Nc1ccccc1-c1cc2ccccc2c2ccccc12. The normalized spacial score (nSPS) is 18.2. The van der Waals surface area contributed by atoms with Crippen LogP contribution in [-0.4, -0.2) is 5.91 Å². The highest BCUT2D eigenvalue weighted by molar-refractivity contribution is 9.11. The van der Waals surface area contributed by atoms with Gasteiger partial charge in [-0.2, -0.15) is 0 Å². The Kier molecular flexibility index (Phi) is 5.21. The summed E-state index contributed by atoms with van der Waals surface area (Å²) in [4.78, 5) is 13.1. The number of nitrogens with one attached hydrogen (secondary N) is 1. The number of carbonyl (C=O) groups is 1. The molecule has 0 aromatic heterocycles. The summed E-state index contributed by atoms with van der Waals surface area (Å²) in [7, 11) is 0. The average molecular weight is 468 g/mol. The minimum absolute atomic E-state index is 0.0116. The lowest BCUT2D eigenvalue weighted by molar-refractivity contribution is -0.119. The summed E-state index contributed by atoms with van der Waals surface area (Å²) in [6.45, 7) is 2.07. The molecule has 1 aliphatic rings. The summed E-state index contributed by atoms with van der Waals surface area (Å²) in [6.07, 6.45) is 6.00. The maximum atomic E-state index is 13.1. The number of allylic oxidation sites excluding steroid dienone is 3. The fraction of sp³-hybridized carbons (Fsp3) is 0.107. The summed E-state index contributed by atoms with van der Waals surface area (Å²) in [6, 6.07) is 27.2. The largest absolute Gasteiger partial charge is 0.325 e. The van der Waals surface area contributed by atoms with E-state index in [1.54, 1.807) is 0 Å². The number of halogens is 1. The van der Waals surface area contributed by atoms with E-state index in [0.29, 0.717) is 0 Å². The van der Waals surface area contributed by atoms with Gasteiger partial charge in [-0.15, -0.1) is 0 Å². The Bertz CT molecular complexity index is 1370. The van der Waals surface area contributed by atoms with Crippen LogP contribution >= 0.6 is 15.9 Å². The Morgan fingerprint density at radius 3 is 2.32 bits per heavy atom. The second-order valence-electron chi connectivity index (χ2n) is 8.02. The van der Waals surface area contributed by atoms with E-state index in [1.807, 2.05) is 30.4 Å². The van der Waals surface area contributed by atoms with Crippen LogP contribution in [0.3, 0.4) is 0 Å². The maximum absolute atomic E-state index is 13.1. The zero-order valence-corrected chi connectivity index (χ0v) is 18.8. The first-order valence-corrected chi connectivity index (χ1v) is 11.3. The van der Waals surface area contributed by atoms with Crippen molar-refractivity contribution in [2.24, 2.45) is 11.8 Å². The van der Waals surface area contributed by atoms with E-state index in [2.05, 4.69) is 94.9 Å². The van der Waals surface area contributed by atoms with Crippen molar-refractivity contribution >= 4 is 49.1 Å². The summed E-state index contributed by atoms with van der Waals surface area (Å²) in [5.74, 6) is -0.0479. The minimum atomic E-state index is -0.192. The van der Waals surface area contributed by atoms with Gasteiger partial charge >= 0.3 is 0 Å². The number of anilines is 1. The molecule has 31 heavy (non-hydrogen) atoms. The molecule has 4 aromatic rings. The van der Waals surface area contributed by atoms with E-state index < -0.39 is 0 Å². The van der Waals surface area contributed by atoms with Gasteiger partial charge in [0.1, 0.15) is 0 Å². The minimum Gasteiger partial charge on any atom is -0.325 e. The molecule has 0 radical (unpaired) electrons. The van der Waals surface area contributed by atoms with Crippen LogP contribution < -0.4 is 5.32 Å². The first-order chi connectivity index (χ1) is 15.1. The van der Waals surface area contributed by atoms with E-state index >= 15 is 0 Å². The molecule has 3 heteroatoms. The predicted octanol–water partition coefficient (Wildman–Crippen LogP) is 7.70. The van der Waals surface area contributed by atoms with E-state index in [0.717, 1.165) is 21.3 Å². The van der Waals surface area contributed by atoms with Gasteiger partial charge in [-0.05, 0) is 45.2 Å². The second kappa shape index (κ2) is 8.16. The van der Waals surface area contributed by atoms with Crippen LogP contribution in [0, 0.1) is 11.8 Å². The quantitative estimate of drug-likeness (QED) is 0.307. The number of rotatable bonds is 3. The van der Waals surface area contributed by atoms with E-state index in [-0.39, 0.29) is 17.7 Å². The van der Waals surface area contributed by atoms with Crippen LogP contribution in [0.5, 0.6) is 0 Å². The second-order valence-corrected chi connectivity index (χ2v) is 8.94. The lowest BCUT2D eigenvalue weighted by atomic mass is 9.89. The molecule has 4 aromatic carbocycles. The zero-order chi connectivity index (χ0) is 21.4. The van der Waals surface area contributed by atoms with Gasteiger partial charge in [-0.3, -0.25) is 4.79 Å². The van der Waals surface area contributed by atoms with E-state index in [9.17, 15) is 4.79 Å². The fourth-order valence-electron chi connectivity index (χ4n) is 4.43. The lowest BCUT2D eigenvalue weighted by Gasteiger charge is -2.22. The van der Waals surface area contributed by atoms with Crippen molar-refractivity contribution in [2.45, 2.75) is 6.92 Å². The highest BCUT2D eigenvalue weighted by Gasteiger charge is 2.24. The molecule has 0 spiro atoms. The number of hydrogen-bond acceptors (Lipinski definition) is 1. The number of para-hydroxylation sites is 1. The molecule has 0 bridgehead atoms. The Labute approximate surface area is 190 Å². The van der Waals surface area contributed by atoms with Crippen molar-refractivity contribution in [3.8, 4) is 11.1 Å². The van der Waals surface area contributed by atoms with Crippen LogP contribution in [0.1, 0.15) is 6.92 Å². The fourth-order valence-corrected chi connectivity index (χ4v) is 5.00. The van der Waals surface area contributed by atoms with Crippen molar-refractivity contribution in [3.05, 3.63) is 102 Å². The Morgan fingerprint density at radius 2 is 1.52 bits per heavy atom. The summed E-state index contributed by atoms with van der Waals surface area (Å²) in [5, 5.41) is 8.03. The predicted molar refractivity (Wildman–Crippen MR) is 134 cm³/mol. The number of benzene rings is 4. The number of hydrogen-bond donors (Lipinski definition) is 1. The lowest BCUT2D eigenvalue weighted by Crippen LogP contribution is -2.27. The van der Waals surface area contributed by atoms with Crippen LogP contribution in [-0.2, 0) is 4.79 Å². The molecule has 0 saturated heterocycles. The number of amides is 1. The Balaban J connectivity index is 1.61. The van der Waals surface area contributed by atoms with Gasteiger partial charge in [0.2, 0.25) is 5.91 Å². The van der Waals surface area contributed by atoms with Gasteiger partial charge in [0.15, 0.2) is 0 Å². The molecule has 2 atom stereocenters. The molecule has 152 valence electrons. The monoisotopic (exact) mass is 467 g/mol. The van der Waals surface area contributed by atoms with Crippen LogP contribution in [0.2, 0.25) is 0 Å². The highest BCUT2D eigenvalue weighted by atomic mass is 79.9. The molecule has 1 N–H and O–H groups in total. The topological polar surface area (TPSA) is 29.1 Å². The van der Waals surface area contributed by atoms with Crippen LogP contribution in [0.4, 0.5) is 5.69 Å². The molecule has 0 saturated carbocycles. The van der Waals surface area contributed by atoms with E-state index in [4.69, 9.17) is 0 Å². The zero-order valence-electron chi connectivity index (χ0n) is 17.2. The third-order valence-corrected chi connectivity index (χ3v) is 6.53. The number of carbonyl (C=O) groups excluding carboxylic acids is 1. The Hall–Kier alpha value is -3.17. The van der Waals surface area contributed by atoms with Crippen LogP contribution in [0.25, 0.3) is 32.7 Å². The molecular weight excluding hydrogens is 446 g/mol. The summed E-state index contributed by atoms with van der Waals surface area (Å²) >= 11 is 3.50. The highest BCUT2D eigenvalue weighted by Crippen LogP contribution is 2.38. The van der Waals surface area contributed by atoms with Gasteiger partial charge in [0.05, 0.1) is 5.92 Å². The molecule has 1 amide bonds. The molecule has 1 aliphatic carbocycles. The molecule has 0 aliphatic heterocycles. The third kappa shape index (κ3) is 3.70. The van der Waals surface area contributed by atoms with Crippen molar-refractivity contribution in [3.63, 3.8) is 0 Å². The number of fused-ring (bicyclic) bond motifs is 3. The molecule has 0 heterocycles. The maximum Gasteiger partial charge on any atom is 0.231 e. The standard InChI is InChI=1S/C28H22BrNO/c1-18-16-20(29)14-15-21(18)28(31)30-27-13-7-6-12-25(27)26-17-19-8-2-3-9-22(19)23-10-4-5-11-24(23)26/h2-18,21H,1H3,(H,30,31). The van der Waals surface area contributed by atoms with Gasteiger partial charge in [-0.1, -0.05) is 108 Å². The third-order valence-electron chi connectivity index (χ3n) is 6.00. The molecular formula is C28H22BrNO. The Morgan fingerprint density at radius 1 is 0.839 bits per heavy atom. The molecule has 5 rings (SSSR count). The van der Waals surface area contributed by atoms with Crippen molar-refractivity contribution in [1.29, 1.82) is 0 Å². The smallest absolute Gasteiger partial charge is 0.231 e. The van der Waals surface area contributed by atoms with Crippen molar-refractivity contribution < 1.29 is 4.79 Å². The average Bonchev–Trinajstić information content (AvgIpc) is 2.79. The van der Waals surface area contributed by atoms with Crippen LogP contribution in [0.15, 0.2) is 102 Å². The van der Waals surface area contributed by atoms with Crippen molar-refractivity contribution in [2.75, 3.05) is 5.32 Å². The van der Waals surface area contributed by atoms with Gasteiger partial charge in [0, 0.05) is 15.7 Å². The molecule has 0 fully saturated rings. The molecule has 2 unspecified atom stereocenters. The summed E-state index contributed by atoms with van der Waals surface area (Å²) in [5.41, 5.74) is 2.99. The van der Waals surface area contributed by atoms with Gasteiger partial charge in [0.25, 0.3) is 0 Å². The van der Waals surface area contributed by atoms with Gasteiger partial charge in [-0.25, -0.2) is 0 Å². The van der Waals surface area contributed by atoms with Gasteiger partial charge < -0.3 is 5.32 Å². The molecule has 2 nitrogen and oxygen atoms in total. The summed E-state index contributed by atoms with van der Waals surface area (Å²) < 4.78 is 1.02. The van der Waals surface area contributed by atoms with E-state index in [1.165, 1.54) is 21.5 Å². The first kappa shape index (κ1) is 19.8. The first-order valence-electron chi connectivity index (χ1n) is 10.5. The van der Waals surface area contributed by atoms with Crippen molar-refractivity contribution in [1.82, 2.24) is 0 Å².